The summed E-state index contributed by atoms with van der Waals surface area (Å²) < 4.78 is 0. The number of anilines is 2. The Kier molecular flexibility index (Phi) is 4.60. The van der Waals surface area contributed by atoms with Crippen LogP contribution in [-0.2, 0) is 0 Å². The molecule has 126 valence electrons. The highest BCUT2D eigenvalue weighted by Gasteiger charge is 2.28. The van der Waals surface area contributed by atoms with E-state index in [4.69, 9.17) is 0 Å². The Hall–Kier alpha value is -1.75. The van der Waals surface area contributed by atoms with E-state index >= 15 is 0 Å². The molecule has 0 saturated carbocycles. The highest BCUT2D eigenvalue weighted by Crippen LogP contribution is 2.37. The van der Waals surface area contributed by atoms with Gasteiger partial charge in [0, 0.05) is 37.2 Å². The minimum absolute atomic E-state index is 0.436. The zero-order chi connectivity index (χ0) is 16.4. The third-order valence-electron chi connectivity index (χ3n) is 5.07. The number of hydrogen-bond donors (Lipinski definition) is 0. The molecule has 0 amide bonds. The molecule has 2 aliphatic rings. The van der Waals surface area contributed by atoms with Gasteiger partial charge in [-0.1, -0.05) is 24.3 Å². The number of nitrogens with zero attached hydrogens (tertiary/aromatic N) is 4. The summed E-state index contributed by atoms with van der Waals surface area (Å²) >= 11 is 2.03. The first-order valence-corrected chi connectivity index (χ1v) is 9.95. The van der Waals surface area contributed by atoms with E-state index in [1.54, 1.807) is 6.33 Å². The molecule has 1 unspecified atom stereocenters. The van der Waals surface area contributed by atoms with Crippen molar-refractivity contribution in [1.29, 1.82) is 0 Å². The number of aryl methyl sites for hydroxylation is 1. The first-order valence-electron chi connectivity index (χ1n) is 8.80. The number of rotatable bonds is 3. The van der Waals surface area contributed by atoms with Crippen molar-refractivity contribution in [3.05, 3.63) is 47.8 Å². The molecule has 0 radical (unpaired) electrons. The second-order valence-corrected chi connectivity index (χ2v) is 7.77. The Bertz CT molecular complexity index is 699. The molecule has 0 N–H and O–H groups in total. The molecule has 4 nitrogen and oxygen atoms in total. The molecule has 2 fully saturated rings. The first-order chi connectivity index (χ1) is 11.8. The lowest BCUT2D eigenvalue weighted by Crippen LogP contribution is -2.33. The van der Waals surface area contributed by atoms with Gasteiger partial charge in [0.05, 0.1) is 6.04 Å². The van der Waals surface area contributed by atoms with E-state index in [1.165, 1.54) is 35.5 Å². The van der Waals surface area contributed by atoms with Crippen molar-refractivity contribution in [3.63, 3.8) is 0 Å². The van der Waals surface area contributed by atoms with Gasteiger partial charge in [-0.05, 0) is 30.9 Å². The zero-order valence-corrected chi connectivity index (χ0v) is 15.0. The lowest BCUT2D eigenvalue weighted by atomic mass is 9.99. The maximum atomic E-state index is 4.60. The fourth-order valence-corrected chi connectivity index (χ4v) is 4.69. The van der Waals surface area contributed by atoms with Gasteiger partial charge in [-0.3, -0.25) is 0 Å². The van der Waals surface area contributed by atoms with E-state index in [1.807, 2.05) is 11.8 Å². The minimum Gasteiger partial charge on any atom is -0.355 e. The summed E-state index contributed by atoms with van der Waals surface area (Å²) in [4.78, 5) is 14.0. The molecule has 4 rings (SSSR count). The van der Waals surface area contributed by atoms with Crippen LogP contribution in [-0.4, -0.2) is 41.1 Å². The van der Waals surface area contributed by atoms with E-state index in [0.29, 0.717) is 6.04 Å². The topological polar surface area (TPSA) is 32.3 Å². The van der Waals surface area contributed by atoms with Crippen molar-refractivity contribution in [2.75, 3.05) is 40.9 Å². The zero-order valence-electron chi connectivity index (χ0n) is 14.2. The predicted octanol–water partition coefficient (Wildman–Crippen LogP) is 3.68. The van der Waals surface area contributed by atoms with Crippen LogP contribution in [0.15, 0.2) is 36.7 Å². The Morgan fingerprint density at radius 3 is 2.67 bits per heavy atom. The average Bonchev–Trinajstić information content (AvgIpc) is 3.12. The van der Waals surface area contributed by atoms with Crippen LogP contribution in [0.4, 0.5) is 11.6 Å². The van der Waals surface area contributed by atoms with Gasteiger partial charge < -0.3 is 9.80 Å². The van der Waals surface area contributed by atoms with E-state index in [-0.39, 0.29) is 0 Å². The number of benzene rings is 1. The van der Waals surface area contributed by atoms with Crippen molar-refractivity contribution in [1.82, 2.24) is 9.97 Å². The normalized spacial score (nSPS) is 21.3. The van der Waals surface area contributed by atoms with E-state index < -0.39 is 0 Å². The number of hydrogen-bond acceptors (Lipinski definition) is 5. The van der Waals surface area contributed by atoms with Gasteiger partial charge in [0.15, 0.2) is 0 Å². The highest BCUT2D eigenvalue weighted by atomic mass is 32.2. The summed E-state index contributed by atoms with van der Waals surface area (Å²) in [6, 6.07) is 11.4. The summed E-state index contributed by atoms with van der Waals surface area (Å²) in [6.45, 7) is 5.46. The van der Waals surface area contributed by atoms with Crippen LogP contribution in [0.25, 0.3) is 0 Å². The fraction of sp³-hybridized carbons (Fsp3) is 0.474. The van der Waals surface area contributed by atoms with E-state index in [0.717, 1.165) is 31.3 Å². The van der Waals surface area contributed by atoms with Crippen LogP contribution < -0.4 is 9.80 Å². The molecule has 0 aliphatic carbocycles. The molecule has 0 bridgehead atoms. The van der Waals surface area contributed by atoms with Crippen LogP contribution in [0.3, 0.4) is 0 Å². The molecule has 3 heterocycles. The van der Waals surface area contributed by atoms with Crippen LogP contribution in [0.5, 0.6) is 0 Å². The van der Waals surface area contributed by atoms with Gasteiger partial charge in [-0.15, -0.1) is 0 Å². The lowest BCUT2D eigenvalue weighted by Gasteiger charge is -2.30. The molecule has 1 aromatic carbocycles. The fourth-order valence-electron chi connectivity index (χ4n) is 3.78. The third-order valence-corrected chi connectivity index (χ3v) is 6.01. The van der Waals surface area contributed by atoms with Crippen molar-refractivity contribution < 1.29 is 0 Å². The van der Waals surface area contributed by atoms with Crippen molar-refractivity contribution >= 4 is 23.4 Å². The van der Waals surface area contributed by atoms with Gasteiger partial charge in [-0.2, -0.15) is 11.8 Å². The Morgan fingerprint density at radius 1 is 1.04 bits per heavy atom. The second kappa shape index (κ2) is 7.01. The molecule has 24 heavy (non-hydrogen) atoms. The molecular formula is C19H24N4S. The standard InChI is InChI=1S/C19H24N4S/c1-15-5-2-3-6-16(15)17-7-4-8-23(17)19-13-18(20-14-21-19)22-9-11-24-12-10-22/h2-3,5-6,13-14,17H,4,7-12H2,1H3. The SMILES string of the molecule is Cc1ccccc1C1CCCN1c1cc(N2CCSCC2)ncn1. The van der Waals surface area contributed by atoms with Crippen LogP contribution in [0.2, 0.25) is 0 Å². The van der Waals surface area contributed by atoms with Crippen molar-refractivity contribution in [2.24, 2.45) is 0 Å². The molecule has 5 heteroatoms. The summed E-state index contributed by atoms with van der Waals surface area (Å²) in [5.74, 6) is 4.53. The Morgan fingerprint density at radius 2 is 1.83 bits per heavy atom. The largest absolute Gasteiger partial charge is 0.355 e. The second-order valence-electron chi connectivity index (χ2n) is 6.54. The lowest BCUT2D eigenvalue weighted by molar-refractivity contribution is 0.704. The maximum absolute atomic E-state index is 4.60. The molecule has 0 spiro atoms. The Labute approximate surface area is 148 Å². The van der Waals surface area contributed by atoms with Gasteiger partial charge in [0.2, 0.25) is 0 Å². The van der Waals surface area contributed by atoms with E-state index in [9.17, 15) is 0 Å². The molecule has 2 aliphatic heterocycles. The monoisotopic (exact) mass is 340 g/mol. The van der Waals surface area contributed by atoms with Crippen LogP contribution in [0.1, 0.15) is 30.0 Å². The van der Waals surface area contributed by atoms with Gasteiger partial charge in [-0.25, -0.2) is 9.97 Å². The summed E-state index contributed by atoms with van der Waals surface area (Å²) in [5, 5.41) is 0. The van der Waals surface area contributed by atoms with Crippen LogP contribution in [0, 0.1) is 6.92 Å². The molecule has 2 aromatic rings. The molecule has 2 saturated heterocycles. The van der Waals surface area contributed by atoms with Gasteiger partial charge in [0.1, 0.15) is 18.0 Å². The molecule has 1 aromatic heterocycles. The summed E-state index contributed by atoms with van der Waals surface area (Å²) in [5.41, 5.74) is 2.81. The molecule has 1 atom stereocenters. The average molecular weight is 340 g/mol. The quantitative estimate of drug-likeness (QED) is 0.851. The summed E-state index contributed by atoms with van der Waals surface area (Å²) in [6.07, 6.45) is 4.16. The van der Waals surface area contributed by atoms with Gasteiger partial charge >= 0.3 is 0 Å². The third kappa shape index (κ3) is 3.09. The predicted molar refractivity (Wildman–Crippen MR) is 102 cm³/mol. The first kappa shape index (κ1) is 15.8. The van der Waals surface area contributed by atoms with Crippen molar-refractivity contribution in [3.8, 4) is 0 Å². The Balaban J connectivity index is 1.61. The number of aromatic nitrogens is 2. The van der Waals surface area contributed by atoms with Crippen LogP contribution >= 0.6 is 11.8 Å². The van der Waals surface area contributed by atoms with Crippen molar-refractivity contribution in [2.45, 2.75) is 25.8 Å². The van der Waals surface area contributed by atoms with E-state index in [2.05, 4.69) is 57.0 Å². The molecular weight excluding hydrogens is 316 g/mol. The number of thioether (sulfide) groups is 1. The minimum atomic E-state index is 0.436. The smallest absolute Gasteiger partial charge is 0.134 e. The van der Waals surface area contributed by atoms with Gasteiger partial charge in [0.25, 0.3) is 0 Å². The highest BCUT2D eigenvalue weighted by molar-refractivity contribution is 7.99. The maximum Gasteiger partial charge on any atom is 0.134 e. The summed E-state index contributed by atoms with van der Waals surface area (Å²) in [7, 11) is 0.